The molecule has 0 saturated carbocycles. The molecule has 1 heterocycles. The second-order valence-electron chi connectivity index (χ2n) is 6.90. The fourth-order valence-corrected chi connectivity index (χ4v) is 4.90. The normalized spacial score (nSPS) is 24.0. The van der Waals surface area contributed by atoms with Crippen LogP contribution in [0.1, 0.15) is 29.5 Å². The zero-order chi connectivity index (χ0) is 17.0. The molecule has 3 atom stereocenters. The Morgan fingerprint density at radius 1 is 1.00 bits per heavy atom. The summed E-state index contributed by atoms with van der Waals surface area (Å²) in [5.41, 5.74) is 2.96. The first-order valence-corrected chi connectivity index (χ1v) is 9.41. The third-order valence-corrected chi connectivity index (χ3v) is 6.00. The van der Waals surface area contributed by atoms with Gasteiger partial charge in [0.25, 0.3) is 0 Å². The molecule has 1 N–H and O–H groups in total. The van der Waals surface area contributed by atoms with Crippen LogP contribution in [0.2, 0.25) is 0 Å². The molecule has 2 aliphatic rings. The third-order valence-electron chi connectivity index (χ3n) is 5.54. The smallest absolute Gasteiger partial charge is 0.147 e. The van der Waals surface area contributed by atoms with E-state index in [4.69, 9.17) is 0 Å². The Kier molecular flexibility index (Phi) is 3.46. The topological polar surface area (TPSA) is 12.0 Å². The molecule has 0 bridgehead atoms. The van der Waals surface area contributed by atoms with Crippen LogP contribution >= 0.6 is 15.9 Å². The highest BCUT2D eigenvalue weighted by Crippen LogP contribution is 2.51. The molecule has 1 aliphatic carbocycles. The lowest BCUT2D eigenvalue weighted by Gasteiger charge is -2.38. The van der Waals surface area contributed by atoms with Gasteiger partial charge in [-0.1, -0.05) is 70.5 Å². The fraction of sp³-hybridized carbons (Fsp3) is 0.182. The number of hydrogen-bond acceptors (Lipinski definition) is 1. The van der Waals surface area contributed by atoms with Gasteiger partial charge in [-0.15, -0.1) is 0 Å². The van der Waals surface area contributed by atoms with Crippen LogP contribution < -0.4 is 5.32 Å². The summed E-state index contributed by atoms with van der Waals surface area (Å²) in [7, 11) is 0. The predicted octanol–water partition coefficient (Wildman–Crippen LogP) is 6.57. The average Bonchev–Trinajstić information content (AvgIpc) is 3.11. The molecule has 2 unspecified atom stereocenters. The number of nitrogens with one attached hydrogen (secondary N) is 1. The molecular weight excluding hydrogens is 377 g/mol. The highest BCUT2D eigenvalue weighted by Gasteiger charge is 2.39. The van der Waals surface area contributed by atoms with E-state index >= 15 is 0 Å². The van der Waals surface area contributed by atoms with Gasteiger partial charge >= 0.3 is 0 Å². The first-order chi connectivity index (χ1) is 12.2. The summed E-state index contributed by atoms with van der Waals surface area (Å²) in [4.78, 5) is 0. The van der Waals surface area contributed by atoms with E-state index in [1.165, 1.54) is 16.3 Å². The summed E-state index contributed by atoms with van der Waals surface area (Å²) >= 11 is 3.44. The minimum atomic E-state index is -0.187. The van der Waals surface area contributed by atoms with Crippen molar-refractivity contribution in [2.75, 3.05) is 5.32 Å². The van der Waals surface area contributed by atoms with Crippen LogP contribution in [-0.2, 0) is 0 Å². The van der Waals surface area contributed by atoms with Crippen molar-refractivity contribution in [3.05, 3.63) is 88.2 Å². The van der Waals surface area contributed by atoms with E-state index < -0.39 is 0 Å². The summed E-state index contributed by atoms with van der Waals surface area (Å²) in [6, 6.07) is 18.6. The van der Waals surface area contributed by atoms with Gasteiger partial charge in [-0.2, -0.15) is 0 Å². The van der Waals surface area contributed by atoms with E-state index in [-0.39, 0.29) is 17.8 Å². The summed E-state index contributed by atoms with van der Waals surface area (Å²) in [5.74, 6) is 0.479. The maximum absolute atomic E-state index is 14.7. The van der Waals surface area contributed by atoms with Crippen LogP contribution in [0.4, 0.5) is 10.1 Å². The van der Waals surface area contributed by atoms with Crippen molar-refractivity contribution in [1.29, 1.82) is 0 Å². The van der Waals surface area contributed by atoms with Gasteiger partial charge in [-0.25, -0.2) is 4.39 Å². The van der Waals surface area contributed by atoms with Gasteiger partial charge in [-0.05, 0) is 46.4 Å². The lowest BCUT2D eigenvalue weighted by Crippen LogP contribution is -2.30. The van der Waals surface area contributed by atoms with E-state index in [0.717, 1.165) is 16.5 Å². The number of hydrogen-bond donors (Lipinski definition) is 1. The number of allylic oxidation sites excluding steroid dienone is 2. The number of benzene rings is 3. The van der Waals surface area contributed by atoms with Crippen molar-refractivity contribution >= 4 is 32.4 Å². The van der Waals surface area contributed by atoms with Crippen LogP contribution in [0.3, 0.4) is 0 Å². The van der Waals surface area contributed by atoms with E-state index in [1.807, 2.05) is 0 Å². The second-order valence-corrected chi connectivity index (χ2v) is 7.81. The molecular formula is C22H17BrFN. The number of anilines is 1. The van der Waals surface area contributed by atoms with Gasteiger partial charge in [-0.3, -0.25) is 0 Å². The maximum atomic E-state index is 14.7. The minimum absolute atomic E-state index is 0.106. The van der Waals surface area contributed by atoms with Crippen molar-refractivity contribution in [3.8, 4) is 0 Å². The molecule has 0 radical (unpaired) electrons. The SMILES string of the molecule is Fc1cc(Br)cc2c1N[C@H](c1cccc3ccccc13)C1CC=CC21. The molecule has 0 fully saturated rings. The minimum Gasteiger partial charge on any atom is -0.375 e. The quantitative estimate of drug-likeness (QED) is 0.461. The van der Waals surface area contributed by atoms with E-state index in [1.54, 1.807) is 6.07 Å². The Morgan fingerprint density at radius 2 is 1.84 bits per heavy atom. The van der Waals surface area contributed by atoms with Crippen LogP contribution in [0, 0.1) is 11.7 Å². The summed E-state index contributed by atoms with van der Waals surface area (Å²) in [6.45, 7) is 0. The molecule has 5 rings (SSSR count). The van der Waals surface area contributed by atoms with Crippen LogP contribution in [0.25, 0.3) is 10.8 Å². The molecule has 1 aliphatic heterocycles. The van der Waals surface area contributed by atoms with E-state index in [9.17, 15) is 4.39 Å². The highest BCUT2D eigenvalue weighted by molar-refractivity contribution is 9.10. The van der Waals surface area contributed by atoms with Gasteiger partial charge in [0, 0.05) is 10.4 Å². The van der Waals surface area contributed by atoms with Crippen molar-refractivity contribution in [1.82, 2.24) is 0 Å². The Hall–Kier alpha value is -2.13. The maximum Gasteiger partial charge on any atom is 0.147 e. The zero-order valence-corrected chi connectivity index (χ0v) is 15.1. The molecule has 1 nitrogen and oxygen atoms in total. The third kappa shape index (κ3) is 2.33. The Morgan fingerprint density at radius 3 is 2.76 bits per heavy atom. The van der Waals surface area contributed by atoms with E-state index in [2.05, 4.69) is 81.9 Å². The van der Waals surface area contributed by atoms with Gasteiger partial charge in [0.1, 0.15) is 5.82 Å². The molecule has 124 valence electrons. The van der Waals surface area contributed by atoms with Gasteiger partial charge in [0.15, 0.2) is 0 Å². The molecule has 0 saturated heterocycles. The van der Waals surface area contributed by atoms with Crippen molar-refractivity contribution < 1.29 is 4.39 Å². The van der Waals surface area contributed by atoms with Gasteiger partial charge < -0.3 is 5.32 Å². The lowest BCUT2D eigenvalue weighted by atomic mass is 9.76. The fourth-order valence-electron chi connectivity index (χ4n) is 4.45. The zero-order valence-electron chi connectivity index (χ0n) is 13.5. The molecule has 25 heavy (non-hydrogen) atoms. The summed E-state index contributed by atoms with van der Waals surface area (Å²) in [6.07, 6.45) is 5.50. The van der Waals surface area contributed by atoms with Crippen molar-refractivity contribution in [2.45, 2.75) is 18.4 Å². The molecule has 3 heteroatoms. The summed E-state index contributed by atoms with van der Waals surface area (Å²) < 4.78 is 15.5. The van der Waals surface area contributed by atoms with Crippen molar-refractivity contribution in [3.63, 3.8) is 0 Å². The van der Waals surface area contributed by atoms with Gasteiger partial charge in [0.2, 0.25) is 0 Å². The van der Waals surface area contributed by atoms with Crippen molar-refractivity contribution in [2.24, 2.45) is 5.92 Å². The first kappa shape index (κ1) is 15.2. The Balaban J connectivity index is 1.70. The number of fused-ring (bicyclic) bond motifs is 4. The molecule has 0 aromatic heterocycles. The predicted molar refractivity (Wildman–Crippen MR) is 104 cm³/mol. The molecule has 0 amide bonds. The summed E-state index contributed by atoms with van der Waals surface area (Å²) in [5, 5.41) is 6.01. The van der Waals surface area contributed by atoms with Crippen LogP contribution in [0.5, 0.6) is 0 Å². The molecule has 3 aromatic carbocycles. The van der Waals surface area contributed by atoms with Crippen LogP contribution in [-0.4, -0.2) is 0 Å². The Labute approximate surface area is 154 Å². The monoisotopic (exact) mass is 393 g/mol. The standard InChI is InChI=1S/C22H17BrFN/c23-14-11-19-16-8-4-10-18(16)21(25-22(19)20(24)12-14)17-9-3-6-13-5-1-2-7-15(13)17/h1-9,11-12,16,18,21,25H,10H2/t16?,18?,21-/m1/s1. The average molecular weight is 394 g/mol. The highest BCUT2D eigenvalue weighted by atomic mass is 79.9. The molecule has 0 spiro atoms. The molecule has 3 aromatic rings. The van der Waals surface area contributed by atoms with Gasteiger partial charge in [0.05, 0.1) is 11.7 Å². The first-order valence-electron chi connectivity index (χ1n) is 8.62. The second kappa shape index (κ2) is 5.70. The van der Waals surface area contributed by atoms with E-state index in [0.29, 0.717) is 11.6 Å². The largest absolute Gasteiger partial charge is 0.375 e. The number of rotatable bonds is 1. The number of halogens is 2. The lowest BCUT2D eigenvalue weighted by molar-refractivity contribution is 0.422. The van der Waals surface area contributed by atoms with Crippen LogP contribution in [0.15, 0.2) is 71.2 Å². The Bertz CT molecular complexity index is 1000.